The molecule has 0 spiro atoms. The van der Waals surface area contributed by atoms with E-state index in [-0.39, 0.29) is 0 Å². The molecular weight excluding hydrogens is 134 g/mol. The number of quaternary nitrogens is 1. The van der Waals surface area contributed by atoms with Crippen LogP contribution in [0.5, 0.6) is 0 Å². The first kappa shape index (κ1) is 10.4. The van der Waals surface area contributed by atoms with Crippen LogP contribution in [0.15, 0.2) is 25.3 Å². The average Bonchev–Trinajstić information content (AvgIpc) is 2.02. The lowest BCUT2D eigenvalue weighted by Gasteiger charge is -2.31. The van der Waals surface area contributed by atoms with Crippen molar-refractivity contribution in [2.75, 3.05) is 26.7 Å². The smallest absolute Gasteiger partial charge is 0.0969 e. The highest BCUT2D eigenvalue weighted by Crippen LogP contribution is 2.03. The minimum atomic E-state index is 1.06. The summed E-state index contributed by atoms with van der Waals surface area (Å²) in [5.41, 5.74) is 0. The molecule has 0 saturated heterocycles. The highest BCUT2D eigenvalue weighted by molar-refractivity contribution is 4.68. The molecule has 0 radical (unpaired) electrons. The standard InChI is InChI=1S/C10H20N/c1-5-8-10-11(4,7-3)9-6-2/h5-6H,1-2,7-10H2,3-4H3/q+1. The normalized spacial score (nSPS) is 15.5. The van der Waals surface area contributed by atoms with Gasteiger partial charge in [0.15, 0.2) is 0 Å². The Morgan fingerprint density at radius 1 is 1.27 bits per heavy atom. The van der Waals surface area contributed by atoms with E-state index in [1.807, 2.05) is 12.2 Å². The van der Waals surface area contributed by atoms with Gasteiger partial charge in [-0.2, -0.15) is 0 Å². The lowest BCUT2D eigenvalue weighted by Crippen LogP contribution is -2.44. The summed E-state index contributed by atoms with van der Waals surface area (Å²) < 4.78 is 1.08. The van der Waals surface area contributed by atoms with E-state index < -0.39 is 0 Å². The fraction of sp³-hybridized carbons (Fsp3) is 0.600. The molecule has 64 valence electrons. The van der Waals surface area contributed by atoms with Crippen molar-refractivity contribution in [2.24, 2.45) is 0 Å². The van der Waals surface area contributed by atoms with E-state index in [0.717, 1.165) is 17.4 Å². The second kappa shape index (κ2) is 5.14. The van der Waals surface area contributed by atoms with Crippen LogP contribution < -0.4 is 0 Å². The first-order valence-electron chi connectivity index (χ1n) is 4.24. The molecule has 0 aliphatic rings. The van der Waals surface area contributed by atoms with Crippen molar-refractivity contribution in [3.8, 4) is 0 Å². The van der Waals surface area contributed by atoms with Gasteiger partial charge in [0, 0.05) is 6.42 Å². The van der Waals surface area contributed by atoms with Crippen molar-refractivity contribution in [1.82, 2.24) is 0 Å². The third-order valence-electron chi connectivity index (χ3n) is 2.21. The molecule has 0 amide bonds. The Morgan fingerprint density at radius 2 is 1.91 bits per heavy atom. The zero-order valence-electron chi connectivity index (χ0n) is 7.84. The molecule has 0 rings (SSSR count). The van der Waals surface area contributed by atoms with E-state index in [4.69, 9.17) is 0 Å². The van der Waals surface area contributed by atoms with E-state index >= 15 is 0 Å². The highest BCUT2D eigenvalue weighted by atomic mass is 15.3. The lowest BCUT2D eigenvalue weighted by molar-refractivity contribution is -0.901. The fourth-order valence-corrected chi connectivity index (χ4v) is 1.09. The topological polar surface area (TPSA) is 0 Å². The van der Waals surface area contributed by atoms with Crippen molar-refractivity contribution in [3.63, 3.8) is 0 Å². The van der Waals surface area contributed by atoms with Gasteiger partial charge in [-0.25, -0.2) is 0 Å². The number of nitrogens with zero attached hydrogens (tertiary/aromatic N) is 1. The molecule has 0 aromatic carbocycles. The molecule has 0 aliphatic heterocycles. The molecule has 1 nitrogen and oxygen atoms in total. The maximum Gasteiger partial charge on any atom is 0.0969 e. The van der Waals surface area contributed by atoms with Crippen molar-refractivity contribution in [2.45, 2.75) is 13.3 Å². The molecule has 0 saturated carbocycles. The lowest BCUT2D eigenvalue weighted by atomic mass is 10.3. The molecule has 0 aromatic heterocycles. The molecule has 1 heteroatoms. The van der Waals surface area contributed by atoms with Gasteiger partial charge in [0.05, 0.1) is 26.7 Å². The van der Waals surface area contributed by atoms with E-state index in [9.17, 15) is 0 Å². The van der Waals surface area contributed by atoms with Crippen LogP contribution in [0.4, 0.5) is 0 Å². The maximum absolute atomic E-state index is 3.76. The molecule has 1 atom stereocenters. The van der Waals surface area contributed by atoms with Gasteiger partial charge >= 0.3 is 0 Å². The SMILES string of the molecule is C=CCC[N+](C)(CC)CC=C. The van der Waals surface area contributed by atoms with Crippen LogP contribution in [0, 0.1) is 0 Å². The van der Waals surface area contributed by atoms with Crippen LogP contribution in [-0.4, -0.2) is 31.2 Å². The van der Waals surface area contributed by atoms with Crippen LogP contribution in [0.25, 0.3) is 0 Å². The molecule has 0 fully saturated rings. The summed E-state index contributed by atoms with van der Waals surface area (Å²) in [4.78, 5) is 0. The van der Waals surface area contributed by atoms with Gasteiger partial charge in [-0.05, 0) is 13.0 Å². The highest BCUT2D eigenvalue weighted by Gasteiger charge is 2.14. The zero-order valence-corrected chi connectivity index (χ0v) is 7.84. The van der Waals surface area contributed by atoms with Gasteiger partial charge in [0.1, 0.15) is 0 Å². The van der Waals surface area contributed by atoms with Gasteiger partial charge in [0.25, 0.3) is 0 Å². The Morgan fingerprint density at radius 3 is 2.27 bits per heavy atom. The zero-order chi connectivity index (χ0) is 8.74. The fourth-order valence-electron chi connectivity index (χ4n) is 1.09. The van der Waals surface area contributed by atoms with Crippen LogP contribution in [0.1, 0.15) is 13.3 Å². The molecule has 0 bridgehead atoms. The van der Waals surface area contributed by atoms with E-state index in [1.54, 1.807) is 0 Å². The summed E-state index contributed by atoms with van der Waals surface area (Å²) in [7, 11) is 2.26. The average molecular weight is 154 g/mol. The first-order valence-corrected chi connectivity index (χ1v) is 4.24. The predicted molar refractivity (Wildman–Crippen MR) is 51.5 cm³/mol. The summed E-state index contributed by atoms with van der Waals surface area (Å²) in [6, 6.07) is 0. The maximum atomic E-state index is 3.76. The monoisotopic (exact) mass is 154 g/mol. The Kier molecular flexibility index (Phi) is 4.88. The second-order valence-electron chi connectivity index (χ2n) is 3.21. The van der Waals surface area contributed by atoms with Crippen molar-refractivity contribution in [1.29, 1.82) is 0 Å². The van der Waals surface area contributed by atoms with Gasteiger partial charge in [-0.1, -0.05) is 12.7 Å². The van der Waals surface area contributed by atoms with Gasteiger partial charge in [-0.15, -0.1) is 6.58 Å². The number of hydrogen-bond donors (Lipinski definition) is 0. The molecule has 0 aromatic rings. The molecule has 0 heterocycles. The minimum absolute atomic E-state index is 1.06. The van der Waals surface area contributed by atoms with Crippen LogP contribution >= 0.6 is 0 Å². The van der Waals surface area contributed by atoms with Crippen molar-refractivity contribution < 1.29 is 4.48 Å². The molecule has 0 aliphatic carbocycles. The number of likely N-dealkylation sites (N-methyl/N-ethyl adjacent to an activating group) is 1. The number of hydrogen-bond acceptors (Lipinski definition) is 0. The second-order valence-corrected chi connectivity index (χ2v) is 3.21. The predicted octanol–water partition coefficient (Wildman–Crippen LogP) is 2.21. The Bertz CT molecular complexity index is 129. The van der Waals surface area contributed by atoms with Crippen molar-refractivity contribution in [3.05, 3.63) is 25.3 Å². The number of rotatable bonds is 6. The van der Waals surface area contributed by atoms with Crippen LogP contribution in [0.3, 0.4) is 0 Å². The largest absolute Gasteiger partial charge is 0.323 e. The van der Waals surface area contributed by atoms with Crippen molar-refractivity contribution >= 4 is 0 Å². The molecular formula is C10H20N+. The van der Waals surface area contributed by atoms with E-state index in [2.05, 4.69) is 27.1 Å². The summed E-state index contributed by atoms with van der Waals surface area (Å²) >= 11 is 0. The molecule has 1 unspecified atom stereocenters. The summed E-state index contributed by atoms with van der Waals surface area (Å²) in [6.07, 6.45) is 5.07. The Labute approximate surface area is 70.6 Å². The van der Waals surface area contributed by atoms with Gasteiger partial charge in [0.2, 0.25) is 0 Å². The Hall–Kier alpha value is -0.560. The molecule has 11 heavy (non-hydrogen) atoms. The third-order valence-corrected chi connectivity index (χ3v) is 2.21. The van der Waals surface area contributed by atoms with Crippen LogP contribution in [-0.2, 0) is 0 Å². The van der Waals surface area contributed by atoms with E-state index in [1.165, 1.54) is 13.1 Å². The summed E-state index contributed by atoms with van der Waals surface area (Å²) in [6.45, 7) is 13.1. The van der Waals surface area contributed by atoms with Crippen LogP contribution in [0.2, 0.25) is 0 Å². The quantitative estimate of drug-likeness (QED) is 0.406. The third kappa shape index (κ3) is 3.99. The summed E-state index contributed by atoms with van der Waals surface area (Å²) in [5, 5.41) is 0. The molecule has 0 N–H and O–H groups in total. The summed E-state index contributed by atoms with van der Waals surface area (Å²) in [5.74, 6) is 0. The minimum Gasteiger partial charge on any atom is -0.323 e. The van der Waals surface area contributed by atoms with Gasteiger partial charge in [-0.3, -0.25) is 0 Å². The first-order chi connectivity index (χ1) is 5.18. The Balaban J connectivity index is 3.86. The van der Waals surface area contributed by atoms with Gasteiger partial charge < -0.3 is 4.48 Å². The van der Waals surface area contributed by atoms with E-state index in [0.29, 0.717) is 0 Å².